The van der Waals surface area contributed by atoms with Crippen molar-refractivity contribution >= 4 is 0 Å². The van der Waals surface area contributed by atoms with Gasteiger partial charge in [0.1, 0.15) is 11.5 Å². The number of nitrogens with one attached hydrogen (secondary N) is 1. The molecule has 0 saturated heterocycles. The fourth-order valence-electron chi connectivity index (χ4n) is 3.08. The molecule has 0 spiro atoms. The Bertz CT molecular complexity index is 608. The van der Waals surface area contributed by atoms with Crippen LogP contribution in [0, 0.1) is 0 Å². The van der Waals surface area contributed by atoms with Gasteiger partial charge in [-0.3, -0.25) is 0 Å². The number of benzene rings is 2. The lowest BCUT2D eigenvalue weighted by atomic mass is 9.93. The van der Waals surface area contributed by atoms with Gasteiger partial charge >= 0.3 is 0 Å². The second-order valence-corrected chi connectivity index (χ2v) is 5.42. The minimum absolute atomic E-state index is 0.223. The van der Waals surface area contributed by atoms with Gasteiger partial charge in [-0.1, -0.05) is 48.6 Å². The van der Waals surface area contributed by atoms with Crippen LogP contribution in [0.1, 0.15) is 30.0 Å². The molecule has 100 valence electrons. The van der Waals surface area contributed by atoms with E-state index in [0.717, 1.165) is 24.3 Å². The van der Waals surface area contributed by atoms with Crippen molar-refractivity contribution in [1.29, 1.82) is 0 Å². The largest absolute Gasteiger partial charge is 0.457 e. The van der Waals surface area contributed by atoms with Crippen molar-refractivity contribution in [2.45, 2.75) is 24.9 Å². The van der Waals surface area contributed by atoms with Crippen molar-refractivity contribution in [1.82, 2.24) is 5.32 Å². The molecule has 0 amide bonds. The Morgan fingerprint density at radius 3 is 1.95 bits per heavy atom. The average molecular weight is 263 g/mol. The lowest BCUT2D eigenvalue weighted by Crippen LogP contribution is -2.33. The molecular weight excluding hydrogens is 246 g/mol. The Balaban J connectivity index is 1.75. The summed E-state index contributed by atoms with van der Waals surface area (Å²) in [5.41, 5.74) is 2.47. The SMILES string of the molecule is C1=CCC(NC2c3ccccc3Oc3ccccc32)C1. The molecule has 1 aliphatic carbocycles. The first-order valence-electron chi connectivity index (χ1n) is 7.18. The van der Waals surface area contributed by atoms with Gasteiger partial charge in [0.15, 0.2) is 0 Å². The molecule has 20 heavy (non-hydrogen) atoms. The second-order valence-electron chi connectivity index (χ2n) is 5.42. The molecular formula is C18H17NO. The minimum Gasteiger partial charge on any atom is -0.457 e. The van der Waals surface area contributed by atoms with Gasteiger partial charge in [-0.2, -0.15) is 0 Å². The Morgan fingerprint density at radius 1 is 0.800 bits per heavy atom. The summed E-state index contributed by atoms with van der Waals surface area (Å²) in [5, 5.41) is 3.79. The monoisotopic (exact) mass is 263 g/mol. The molecule has 0 atom stereocenters. The predicted molar refractivity (Wildman–Crippen MR) is 80.1 cm³/mol. The molecule has 0 aromatic heterocycles. The molecule has 1 heterocycles. The topological polar surface area (TPSA) is 21.3 Å². The Labute approximate surface area is 119 Å². The van der Waals surface area contributed by atoms with E-state index < -0.39 is 0 Å². The minimum atomic E-state index is 0.223. The number of hydrogen-bond acceptors (Lipinski definition) is 2. The van der Waals surface area contributed by atoms with Gasteiger partial charge in [0, 0.05) is 17.2 Å². The van der Waals surface area contributed by atoms with Gasteiger partial charge in [0.05, 0.1) is 6.04 Å². The summed E-state index contributed by atoms with van der Waals surface area (Å²) in [4.78, 5) is 0. The van der Waals surface area contributed by atoms with E-state index in [-0.39, 0.29) is 6.04 Å². The van der Waals surface area contributed by atoms with Crippen molar-refractivity contribution in [3.05, 3.63) is 71.8 Å². The van der Waals surface area contributed by atoms with Gasteiger partial charge in [-0.05, 0) is 25.0 Å². The molecule has 2 nitrogen and oxygen atoms in total. The predicted octanol–water partition coefficient (Wildman–Crippen LogP) is 4.19. The van der Waals surface area contributed by atoms with Gasteiger partial charge in [-0.15, -0.1) is 0 Å². The zero-order valence-electron chi connectivity index (χ0n) is 11.3. The van der Waals surface area contributed by atoms with Crippen molar-refractivity contribution in [3.8, 4) is 11.5 Å². The smallest absolute Gasteiger partial charge is 0.132 e. The molecule has 0 saturated carbocycles. The molecule has 0 bridgehead atoms. The van der Waals surface area contributed by atoms with Crippen LogP contribution in [0.4, 0.5) is 0 Å². The van der Waals surface area contributed by atoms with Gasteiger partial charge in [0.25, 0.3) is 0 Å². The highest BCUT2D eigenvalue weighted by molar-refractivity contribution is 5.53. The maximum absolute atomic E-state index is 6.02. The van der Waals surface area contributed by atoms with E-state index in [1.54, 1.807) is 0 Å². The third kappa shape index (κ3) is 1.93. The van der Waals surface area contributed by atoms with Crippen LogP contribution in [0.2, 0.25) is 0 Å². The zero-order valence-corrected chi connectivity index (χ0v) is 11.3. The van der Waals surface area contributed by atoms with E-state index in [9.17, 15) is 0 Å². The Hall–Kier alpha value is -2.06. The van der Waals surface area contributed by atoms with E-state index >= 15 is 0 Å². The molecule has 2 aromatic carbocycles. The van der Waals surface area contributed by atoms with E-state index in [1.165, 1.54) is 11.1 Å². The van der Waals surface area contributed by atoms with Crippen LogP contribution in [0.25, 0.3) is 0 Å². The molecule has 0 fully saturated rings. The summed E-state index contributed by atoms with van der Waals surface area (Å²) in [5.74, 6) is 1.93. The number of rotatable bonds is 2. The van der Waals surface area contributed by atoms with Gasteiger partial charge in [0.2, 0.25) is 0 Å². The van der Waals surface area contributed by atoms with Crippen LogP contribution in [-0.2, 0) is 0 Å². The fraction of sp³-hybridized carbons (Fsp3) is 0.222. The highest BCUT2D eigenvalue weighted by atomic mass is 16.5. The van der Waals surface area contributed by atoms with Crippen molar-refractivity contribution in [2.75, 3.05) is 0 Å². The first-order valence-corrected chi connectivity index (χ1v) is 7.18. The Kier molecular flexibility index (Phi) is 2.82. The third-order valence-electron chi connectivity index (χ3n) is 4.09. The normalized spacial score (nSPS) is 17.6. The second kappa shape index (κ2) is 4.80. The van der Waals surface area contributed by atoms with Crippen LogP contribution in [-0.4, -0.2) is 6.04 Å². The summed E-state index contributed by atoms with van der Waals surface area (Å²) in [6.45, 7) is 0. The van der Waals surface area contributed by atoms with Crippen LogP contribution in [0.3, 0.4) is 0 Å². The number of ether oxygens (including phenoxy) is 1. The van der Waals surface area contributed by atoms with E-state index in [2.05, 4.69) is 41.7 Å². The molecule has 1 N–H and O–H groups in total. The Morgan fingerprint density at radius 2 is 1.35 bits per heavy atom. The van der Waals surface area contributed by atoms with Crippen molar-refractivity contribution < 1.29 is 4.74 Å². The summed E-state index contributed by atoms with van der Waals surface area (Å²) >= 11 is 0. The lowest BCUT2D eigenvalue weighted by Gasteiger charge is -2.31. The first-order chi connectivity index (χ1) is 9.92. The number of para-hydroxylation sites is 2. The quantitative estimate of drug-likeness (QED) is 0.820. The summed E-state index contributed by atoms with van der Waals surface area (Å²) < 4.78 is 6.02. The molecule has 2 heteroatoms. The standard InChI is InChI=1S/C18H17NO/c1-2-8-13(7-1)19-18-14-9-3-5-11-16(14)20-17-12-6-4-10-15(17)18/h1-6,9-13,18-19H,7-8H2. The molecule has 0 radical (unpaired) electrons. The van der Waals surface area contributed by atoms with Crippen LogP contribution in [0.15, 0.2) is 60.7 Å². The average Bonchev–Trinajstić information content (AvgIpc) is 3.00. The summed E-state index contributed by atoms with van der Waals surface area (Å²) in [6.07, 6.45) is 6.74. The zero-order chi connectivity index (χ0) is 13.4. The van der Waals surface area contributed by atoms with Crippen LogP contribution >= 0.6 is 0 Å². The number of hydrogen-bond donors (Lipinski definition) is 1. The lowest BCUT2D eigenvalue weighted by molar-refractivity contribution is 0.407. The molecule has 2 aromatic rings. The first kappa shape index (κ1) is 11.7. The van der Waals surface area contributed by atoms with Crippen LogP contribution < -0.4 is 10.1 Å². The highest BCUT2D eigenvalue weighted by Crippen LogP contribution is 2.42. The number of fused-ring (bicyclic) bond motifs is 2. The van der Waals surface area contributed by atoms with E-state index in [1.807, 2.05) is 24.3 Å². The fourth-order valence-corrected chi connectivity index (χ4v) is 3.08. The van der Waals surface area contributed by atoms with Crippen molar-refractivity contribution in [3.63, 3.8) is 0 Å². The van der Waals surface area contributed by atoms with E-state index in [4.69, 9.17) is 4.74 Å². The molecule has 1 aliphatic heterocycles. The van der Waals surface area contributed by atoms with Gasteiger partial charge in [-0.25, -0.2) is 0 Å². The molecule has 4 rings (SSSR count). The van der Waals surface area contributed by atoms with E-state index in [0.29, 0.717) is 6.04 Å². The van der Waals surface area contributed by atoms with Gasteiger partial charge < -0.3 is 10.1 Å². The summed E-state index contributed by atoms with van der Waals surface area (Å²) in [7, 11) is 0. The molecule has 2 aliphatic rings. The maximum atomic E-state index is 6.02. The third-order valence-corrected chi connectivity index (χ3v) is 4.09. The highest BCUT2D eigenvalue weighted by Gasteiger charge is 2.28. The molecule has 0 unspecified atom stereocenters. The maximum Gasteiger partial charge on any atom is 0.132 e. The van der Waals surface area contributed by atoms with Crippen molar-refractivity contribution in [2.24, 2.45) is 0 Å². The summed E-state index contributed by atoms with van der Waals surface area (Å²) in [6, 6.07) is 17.4. The van der Waals surface area contributed by atoms with Crippen LogP contribution in [0.5, 0.6) is 11.5 Å².